The Bertz CT molecular complexity index is 611. The molecule has 0 fully saturated rings. The average molecular weight is 265 g/mol. The molecule has 3 heteroatoms. The summed E-state index contributed by atoms with van der Waals surface area (Å²) in [5.74, 6) is 0. The summed E-state index contributed by atoms with van der Waals surface area (Å²) in [5.41, 5.74) is 10.0. The molecule has 0 amide bonds. The van der Waals surface area contributed by atoms with E-state index >= 15 is 0 Å². The molecular formula is C17H19N3. The van der Waals surface area contributed by atoms with Gasteiger partial charge in [-0.2, -0.15) is 5.26 Å². The van der Waals surface area contributed by atoms with Gasteiger partial charge in [0.05, 0.1) is 17.7 Å². The van der Waals surface area contributed by atoms with Crippen LogP contribution in [0.2, 0.25) is 0 Å². The fraction of sp³-hybridized carbons (Fsp3) is 0.235. The molecule has 20 heavy (non-hydrogen) atoms. The summed E-state index contributed by atoms with van der Waals surface area (Å²) in [5, 5.41) is 8.99. The number of likely N-dealkylation sites (N-methyl/N-ethyl adjacent to an activating group) is 1. The first-order chi connectivity index (χ1) is 9.65. The normalized spacial score (nSPS) is 11.7. The van der Waals surface area contributed by atoms with Gasteiger partial charge < -0.3 is 10.6 Å². The lowest BCUT2D eigenvalue weighted by Crippen LogP contribution is -2.30. The van der Waals surface area contributed by atoms with Crippen molar-refractivity contribution in [3.05, 3.63) is 65.2 Å². The molecule has 0 spiro atoms. The van der Waals surface area contributed by atoms with Crippen molar-refractivity contribution in [1.82, 2.24) is 0 Å². The number of nitriles is 1. The van der Waals surface area contributed by atoms with Crippen LogP contribution in [0.3, 0.4) is 0 Å². The van der Waals surface area contributed by atoms with Gasteiger partial charge in [0.2, 0.25) is 0 Å². The Morgan fingerprint density at radius 3 is 2.50 bits per heavy atom. The fourth-order valence-corrected chi connectivity index (χ4v) is 2.28. The van der Waals surface area contributed by atoms with Gasteiger partial charge in [-0.3, -0.25) is 0 Å². The first-order valence-corrected chi connectivity index (χ1v) is 6.65. The van der Waals surface area contributed by atoms with Gasteiger partial charge in [0, 0.05) is 19.3 Å². The van der Waals surface area contributed by atoms with Crippen molar-refractivity contribution in [3.8, 4) is 6.07 Å². The number of rotatable bonds is 4. The van der Waals surface area contributed by atoms with Crippen LogP contribution in [0.5, 0.6) is 0 Å². The highest BCUT2D eigenvalue weighted by Crippen LogP contribution is 2.25. The van der Waals surface area contributed by atoms with E-state index in [0.29, 0.717) is 12.1 Å². The maximum atomic E-state index is 8.99. The number of nitrogens with zero attached hydrogens (tertiary/aromatic N) is 2. The van der Waals surface area contributed by atoms with Crippen molar-refractivity contribution in [2.75, 3.05) is 18.5 Å². The Balaban J connectivity index is 2.31. The van der Waals surface area contributed by atoms with Crippen LogP contribution in [0.1, 0.15) is 22.7 Å². The van der Waals surface area contributed by atoms with Crippen LogP contribution in [-0.4, -0.2) is 13.6 Å². The minimum atomic E-state index is 0.101. The lowest BCUT2D eigenvalue weighted by atomic mass is 10.0. The van der Waals surface area contributed by atoms with Crippen LogP contribution >= 0.6 is 0 Å². The molecule has 2 aromatic rings. The van der Waals surface area contributed by atoms with E-state index in [1.165, 1.54) is 11.1 Å². The Hall–Kier alpha value is -2.31. The molecule has 102 valence electrons. The van der Waals surface area contributed by atoms with E-state index in [-0.39, 0.29) is 6.04 Å². The largest absolute Gasteiger partial charge is 0.366 e. The van der Waals surface area contributed by atoms with Crippen molar-refractivity contribution < 1.29 is 0 Å². The highest BCUT2D eigenvalue weighted by atomic mass is 15.1. The standard InChI is InChI=1S/C17H19N3/c1-13-6-8-15(9-7-13)17(12-19)20(2)16-5-3-4-14(10-16)11-18/h3-10,17H,12,19H2,1-2H3. The third-order valence-electron chi connectivity index (χ3n) is 3.54. The van der Waals surface area contributed by atoms with Crippen LogP contribution in [0, 0.1) is 18.3 Å². The zero-order valence-electron chi connectivity index (χ0n) is 11.9. The molecule has 0 aliphatic carbocycles. The molecular weight excluding hydrogens is 246 g/mol. The predicted molar refractivity (Wildman–Crippen MR) is 82.5 cm³/mol. The molecule has 2 aromatic carbocycles. The van der Waals surface area contributed by atoms with Crippen LogP contribution in [-0.2, 0) is 0 Å². The summed E-state index contributed by atoms with van der Waals surface area (Å²) >= 11 is 0. The Labute approximate surface area is 120 Å². The molecule has 2 rings (SSSR count). The van der Waals surface area contributed by atoms with Crippen LogP contribution in [0.4, 0.5) is 5.69 Å². The van der Waals surface area contributed by atoms with Gasteiger partial charge in [-0.25, -0.2) is 0 Å². The van der Waals surface area contributed by atoms with E-state index < -0.39 is 0 Å². The molecule has 0 radical (unpaired) electrons. The van der Waals surface area contributed by atoms with E-state index in [2.05, 4.69) is 42.2 Å². The summed E-state index contributed by atoms with van der Waals surface area (Å²) < 4.78 is 0. The van der Waals surface area contributed by atoms with Crippen LogP contribution in [0.15, 0.2) is 48.5 Å². The van der Waals surface area contributed by atoms with Crippen LogP contribution in [0.25, 0.3) is 0 Å². The van der Waals surface area contributed by atoms with E-state index in [1.807, 2.05) is 25.2 Å². The zero-order chi connectivity index (χ0) is 14.5. The second-order valence-electron chi connectivity index (χ2n) is 4.94. The average Bonchev–Trinajstić information content (AvgIpc) is 2.50. The van der Waals surface area contributed by atoms with Gasteiger partial charge in [0.25, 0.3) is 0 Å². The number of aryl methyl sites for hydroxylation is 1. The molecule has 0 bridgehead atoms. The monoisotopic (exact) mass is 265 g/mol. The molecule has 0 saturated carbocycles. The minimum Gasteiger partial charge on any atom is -0.366 e. The molecule has 3 nitrogen and oxygen atoms in total. The maximum Gasteiger partial charge on any atom is 0.0992 e. The van der Waals surface area contributed by atoms with Crippen LogP contribution < -0.4 is 10.6 Å². The number of anilines is 1. The number of benzene rings is 2. The molecule has 0 saturated heterocycles. The summed E-state index contributed by atoms with van der Waals surface area (Å²) in [6.07, 6.45) is 0. The summed E-state index contributed by atoms with van der Waals surface area (Å²) in [7, 11) is 2.01. The quantitative estimate of drug-likeness (QED) is 0.924. The molecule has 0 aliphatic rings. The second-order valence-corrected chi connectivity index (χ2v) is 4.94. The highest BCUT2D eigenvalue weighted by molar-refractivity contribution is 5.52. The SMILES string of the molecule is Cc1ccc(C(CN)N(C)c2cccc(C#N)c2)cc1. The van der Waals surface area contributed by atoms with Gasteiger partial charge in [-0.15, -0.1) is 0 Å². The van der Waals surface area contributed by atoms with E-state index in [4.69, 9.17) is 11.0 Å². The summed E-state index contributed by atoms with van der Waals surface area (Å²) in [4.78, 5) is 2.12. The predicted octanol–water partition coefficient (Wildman–Crippen LogP) is 3.00. The third-order valence-corrected chi connectivity index (χ3v) is 3.54. The fourth-order valence-electron chi connectivity index (χ4n) is 2.28. The van der Waals surface area contributed by atoms with Crippen molar-refractivity contribution in [3.63, 3.8) is 0 Å². The lowest BCUT2D eigenvalue weighted by Gasteiger charge is -2.29. The first-order valence-electron chi connectivity index (χ1n) is 6.65. The van der Waals surface area contributed by atoms with Gasteiger partial charge >= 0.3 is 0 Å². The Morgan fingerprint density at radius 2 is 1.90 bits per heavy atom. The van der Waals surface area contributed by atoms with Crippen molar-refractivity contribution in [2.45, 2.75) is 13.0 Å². The van der Waals surface area contributed by atoms with Gasteiger partial charge in [0.1, 0.15) is 0 Å². The Morgan fingerprint density at radius 1 is 1.20 bits per heavy atom. The number of nitrogens with two attached hydrogens (primary N) is 1. The lowest BCUT2D eigenvalue weighted by molar-refractivity contribution is 0.680. The van der Waals surface area contributed by atoms with Crippen molar-refractivity contribution in [2.24, 2.45) is 5.73 Å². The number of hydrogen-bond acceptors (Lipinski definition) is 3. The third kappa shape index (κ3) is 2.98. The van der Waals surface area contributed by atoms with Gasteiger partial charge in [0.15, 0.2) is 0 Å². The van der Waals surface area contributed by atoms with E-state index in [1.54, 1.807) is 6.07 Å². The second kappa shape index (κ2) is 6.23. The summed E-state index contributed by atoms with van der Waals surface area (Å²) in [6, 6.07) is 18.3. The first kappa shape index (κ1) is 14.1. The smallest absolute Gasteiger partial charge is 0.0992 e. The Kier molecular flexibility index (Phi) is 4.39. The number of hydrogen-bond donors (Lipinski definition) is 1. The van der Waals surface area contributed by atoms with Gasteiger partial charge in [-0.05, 0) is 30.7 Å². The topological polar surface area (TPSA) is 53.0 Å². The zero-order valence-corrected chi connectivity index (χ0v) is 11.9. The molecule has 0 aliphatic heterocycles. The molecule has 0 aromatic heterocycles. The molecule has 1 atom stereocenters. The molecule has 0 heterocycles. The van der Waals surface area contributed by atoms with E-state index in [0.717, 1.165) is 5.69 Å². The van der Waals surface area contributed by atoms with E-state index in [9.17, 15) is 0 Å². The maximum absolute atomic E-state index is 8.99. The molecule has 2 N–H and O–H groups in total. The molecule has 1 unspecified atom stereocenters. The van der Waals surface area contributed by atoms with Crippen molar-refractivity contribution >= 4 is 5.69 Å². The minimum absolute atomic E-state index is 0.101. The van der Waals surface area contributed by atoms with Gasteiger partial charge in [-0.1, -0.05) is 35.9 Å². The summed E-state index contributed by atoms with van der Waals surface area (Å²) in [6.45, 7) is 2.59. The van der Waals surface area contributed by atoms with Crippen molar-refractivity contribution in [1.29, 1.82) is 5.26 Å². The highest BCUT2D eigenvalue weighted by Gasteiger charge is 2.16.